The van der Waals surface area contributed by atoms with Crippen LogP contribution < -0.4 is 0 Å². The van der Waals surface area contributed by atoms with Crippen molar-refractivity contribution in [2.24, 2.45) is 0 Å². The minimum Gasteiger partial charge on any atom is -0.462 e. The number of rotatable bonds is 56. The molecule has 1 unspecified atom stereocenters. The highest BCUT2D eigenvalue weighted by atomic mass is 16.6. The zero-order valence-corrected chi connectivity index (χ0v) is 49.5. The van der Waals surface area contributed by atoms with E-state index in [4.69, 9.17) is 14.2 Å². The molecule has 0 N–H and O–H groups in total. The van der Waals surface area contributed by atoms with E-state index in [1.165, 1.54) is 122 Å². The van der Waals surface area contributed by atoms with Crippen LogP contribution in [-0.4, -0.2) is 37.2 Å². The Morgan fingerprint density at radius 3 is 0.829 bits per heavy atom. The average Bonchev–Trinajstić information content (AvgIpc) is 3.42. The number of esters is 3. The summed E-state index contributed by atoms with van der Waals surface area (Å²) in [5.41, 5.74) is 0. The monoisotopic (exact) mass is 1050 g/mol. The van der Waals surface area contributed by atoms with Gasteiger partial charge in [-0.2, -0.15) is 0 Å². The lowest BCUT2D eigenvalue weighted by Gasteiger charge is -2.18. The summed E-state index contributed by atoms with van der Waals surface area (Å²) in [5.74, 6) is -0.937. The first-order valence-corrected chi connectivity index (χ1v) is 31.5. The lowest BCUT2D eigenvalue weighted by atomic mass is 10.0. The van der Waals surface area contributed by atoms with Crippen LogP contribution in [0.1, 0.15) is 284 Å². The zero-order valence-electron chi connectivity index (χ0n) is 49.5. The minimum atomic E-state index is -0.803. The zero-order chi connectivity index (χ0) is 55.0. The van der Waals surface area contributed by atoms with Crippen molar-refractivity contribution in [3.63, 3.8) is 0 Å². The standard InChI is InChI=1S/C70H116O6/c1-4-7-10-13-16-19-22-25-28-29-30-31-32-33-34-35-36-37-38-39-40-41-43-45-48-51-54-57-60-63-69(72)75-66-67(65-74-68(71)62-59-56-53-50-47-44-27-24-21-18-15-12-9-6-3)76-70(73)64-61-58-55-52-49-46-42-26-23-20-17-14-11-8-5-2/h7-8,10-11,16-17,19-20,25-26,28,30-31,33-34,36-37,42,49,52,67H,4-6,9,12-15,18,21-24,27,29,32,35,38-41,43-48,50-51,53-66H2,1-3H3/b10-7-,11-8-,19-16-,20-17-,28-25-,31-30-,34-33-,37-36-,42-26-,52-49-. The Hall–Kier alpha value is -4.19. The van der Waals surface area contributed by atoms with Gasteiger partial charge in [-0.1, -0.05) is 277 Å². The van der Waals surface area contributed by atoms with Gasteiger partial charge in [-0.05, 0) is 109 Å². The third-order valence-corrected chi connectivity index (χ3v) is 13.2. The number of allylic oxidation sites excluding steroid dienone is 20. The summed E-state index contributed by atoms with van der Waals surface area (Å²) < 4.78 is 16.9. The van der Waals surface area contributed by atoms with E-state index >= 15 is 0 Å². The van der Waals surface area contributed by atoms with Crippen LogP contribution in [0.5, 0.6) is 0 Å². The van der Waals surface area contributed by atoms with Crippen molar-refractivity contribution in [1.82, 2.24) is 0 Å². The van der Waals surface area contributed by atoms with Crippen molar-refractivity contribution >= 4 is 17.9 Å². The largest absolute Gasteiger partial charge is 0.462 e. The molecule has 0 spiro atoms. The molecule has 0 aliphatic rings. The van der Waals surface area contributed by atoms with E-state index < -0.39 is 6.10 Å². The fourth-order valence-corrected chi connectivity index (χ4v) is 8.56. The molecule has 0 bridgehead atoms. The molecule has 0 fully saturated rings. The molecule has 6 heteroatoms. The highest BCUT2D eigenvalue weighted by Crippen LogP contribution is 2.16. The maximum absolute atomic E-state index is 12.9. The summed E-state index contributed by atoms with van der Waals surface area (Å²) in [6.07, 6.45) is 87.8. The summed E-state index contributed by atoms with van der Waals surface area (Å²) in [6, 6.07) is 0. The summed E-state index contributed by atoms with van der Waals surface area (Å²) in [5, 5.41) is 0. The second-order valence-electron chi connectivity index (χ2n) is 20.6. The van der Waals surface area contributed by atoms with Gasteiger partial charge in [-0.25, -0.2) is 0 Å². The summed E-state index contributed by atoms with van der Waals surface area (Å²) in [7, 11) is 0. The molecule has 0 amide bonds. The number of unbranched alkanes of at least 4 members (excludes halogenated alkanes) is 25. The fourth-order valence-electron chi connectivity index (χ4n) is 8.56. The molecule has 0 aromatic carbocycles. The van der Waals surface area contributed by atoms with E-state index in [9.17, 15) is 14.4 Å². The average molecular weight is 1050 g/mol. The fraction of sp³-hybridized carbons (Fsp3) is 0.671. The first-order valence-electron chi connectivity index (χ1n) is 31.5. The summed E-state index contributed by atoms with van der Waals surface area (Å²) in [6.45, 7) is 6.39. The van der Waals surface area contributed by atoms with Crippen LogP contribution >= 0.6 is 0 Å². The number of ether oxygens (including phenoxy) is 3. The van der Waals surface area contributed by atoms with Crippen molar-refractivity contribution in [1.29, 1.82) is 0 Å². The minimum absolute atomic E-state index is 0.0954. The van der Waals surface area contributed by atoms with Crippen LogP contribution in [0.25, 0.3) is 0 Å². The molecule has 6 nitrogen and oxygen atoms in total. The summed E-state index contributed by atoms with van der Waals surface area (Å²) >= 11 is 0. The Bertz CT molecular complexity index is 1590. The van der Waals surface area contributed by atoms with Crippen molar-refractivity contribution in [3.8, 4) is 0 Å². The molecule has 0 aromatic heterocycles. The lowest BCUT2D eigenvalue weighted by molar-refractivity contribution is -0.167. The topological polar surface area (TPSA) is 78.9 Å². The molecule has 0 radical (unpaired) electrons. The molecular weight excluding hydrogens is 937 g/mol. The predicted octanol–water partition coefficient (Wildman–Crippen LogP) is 21.6. The van der Waals surface area contributed by atoms with Crippen molar-refractivity contribution < 1.29 is 28.6 Å². The van der Waals surface area contributed by atoms with Gasteiger partial charge >= 0.3 is 17.9 Å². The van der Waals surface area contributed by atoms with Gasteiger partial charge in [-0.15, -0.1) is 0 Å². The van der Waals surface area contributed by atoms with Gasteiger partial charge in [0, 0.05) is 19.3 Å². The Kier molecular flexibility index (Phi) is 59.9. The molecule has 432 valence electrons. The van der Waals surface area contributed by atoms with Gasteiger partial charge in [0.1, 0.15) is 13.2 Å². The third kappa shape index (κ3) is 60.7. The van der Waals surface area contributed by atoms with Gasteiger partial charge in [-0.3, -0.25) is 14.4 Å². The molecular formula is C70H116O6. The van der Waals surface area contributed by atoms with E-state index in [1.807, 2.05) is 0 Å². The van der Waals surface area contributed by atoms with E-state index in [2.05, 4.69) is 142 Å². The molecule has 0 heterocycles. The van der Waals surface area contributed by atoms with Crippen LogP contribution in [-0.2, 0) is 28.6 Å². The van der Waals surface area contributed by atoms with Crippen molar-refractivity contribution in [2.45, 2.75) is 290 Å². The van der Waals surface area contributed by atoms with Crippen molar-refractivity contribution in [2.75, 3.05) is 13.2 Å². The molecule has 0 rings (SSSR count). The highest BCUT2D eigenvalue weighted by Gasteiger charge is 2.19. The molecule has 0 saturated carbocycles. The van der Waals surface area contributed by atoms with E-state index in [1.54, 1.807) is 0 Å². The first-order chi connectivity index (χ1) is 37.5. The quantitative estimate of drug-likeness (QED) is 0.0261. The van der Waals surface area contributed by atoms with E-state index in [0.29, 0.717) is 19.3 Å². The lowest BCUT2D eigenvalue weighted by Crippen LogP contribution is -2.30. The predicted molar refractivity (Wildman–Crippen MR) is 330 cm³/mol. The van der Waals surface area contributed by atoms with E-state index in [0.717, 1.165) is 116 Å². The van der Waals surface area contributed by atoms with Gasteiger partial charge < -0.3 is 14.2 Å². The number of carbonyl (C=O) groups is 3. The van der Waals surface area contributed by atoms with Crippen LogP contribution in [0.15, 0.2) is 122 Å². The Morgan fingerprint density at radius 1 is 0.276 bits per heavy atom. The number of hydrogen-bond acceptors (Lipinski definition) is 6. The normalized spacial score (nSPS) is 12.9. The van der Waals surface area contributed by atoms with Gasteiger partial charge in [0.25, 0.3) is 0 Å². The van der Waals surface area contributed by atoms with Crippen LogP contribution in [0.4, 0.5) is 0 Å². The number of carbonyl (C=O) groups excluding carboxylic acids is 3. The Morgan fingerprint density at radius 2 is 0.513 bits per heavy atom. The second kappa shape index (κ2) is 63.3. The molecule has 0 aliphatic carbocycles. The molecule has 76 heavy (non-hydrogen) atoms. The molecule has 1 atom stereocenters. The maximum Gasteiger partial charge on any atom is 0.306 e. The smallest absolute Gasteiger partial charge is 0.306 e. The maximum atomic E-state index is 12.9. The van der Waals surface area contributed by atoms with E-state index in [-0.39, 0.29) is 37.5 Å². The van der Waals surface area contributed by atoms with Crippen LogP contribution in [0.2, 0.25) is 0 Å². The number of hydrogen-bond donors (Lipinski definition) is 0. The molecule has 0 aliphatic heterocycles. The first kappa shape index (κ1) is 71.8. The molecule has 0 saturated heterocycles. The Labute approximate surface area is 469 Å². The van der Waals surface area contributed by atoms with Crippen molar-refractivity contribution in [3.05, 3.63) is 122 Å². The Balaban J connectivity index is 4.32. The summed E-state index contributed by atoms with van der Waals surface area (Å²) in [4.78, 5) is 38.2. The van der Waals surface area contributed by atoms with Gasteiger partial charge in [0.05, 0.1) is 0 Å². The van der Waals surface area contributed by atoms with Crippen LogP contribution in [0.3, 0.4) is 0 Å². The highest BCUT2D eigenvalue weighted by molar-refractivity contribution is 5.71. The molecule has 0 aromatic rings. The van der Waals surface area contributed by atoms with Gasteiger partial charge in [0.2, 0.25) is 0 Å². The third-order valence-electron chi connectivity index (χ3n) is 13.2. The second-order valence-corrected chi connectivity index (χ2v) is 20.6. The SMILES string of the molecule is CC/C=C\C/C=C\C/C=C\C/C=C\C/C=C\C/C=C\CCCCCCCCCCCCC(=O)OCC(COC(=O)CCCCCCCCCCCCCCCC)OC(=O)CCCC/C=C\C/C=C\C/C=C\C/C=C\CC. The van der Waals surface area contributed by atoms with Crippen LogP contribution in [0, 0.1) is 0 Å². The van der Waals surface area contributed by atoms with Gasteiger partial charge in [0.15, 0.2) is 6.10 Å².